The van der Waals surface area contributed by atoms with Gasteiger partial charge in [0, 0.05) is 17.2 Å². The number of nitrogens with one attached hydrogen (secondary N) is 1. The minimum Gasteiger partial charge on any atom is -0.358 e. The number of nitrogens with zero attached hydrogens (tertiary/aromatic N) is 1. The van der Waals surface area contributed by atoms with E-state index in [0.29, 0.717) is 12.1 Å². The van der Waals surface area contributed by atoms with Gasteiger partial charge in [0.25, 0.3) is 5.91 Å². The van der Waals surface area contributed by atoms with Gasteiger partial charge in [-0.1, -0.05) is 19.1 Å². The molecule has 1 N–H and O–H groups in total. The quantitative estimate of drug-likeness (QED) is 0.816. The minimum atomic E-state index is -0.150. The molecule has 98 valence electrons. The van der Waals surface area contributed by atoms with Gasteiger partial charge in [-0.3, -0.25) is 9.59 Å². The summed E-state index contributed by atoms with van der Waals surface area (Å²) < 4.78 is 0.901. The van der Waals surface area contributed by atoms with Gasteiger partial charge in [-0.05, 0) is 41.1 Å². The Bertz CT molecular complexity index is 435. The predicted octanol–water partition coefficient (Wildman–Crippen LogP) is 1.89. The van der Waals surface area contributed by atoms with Crippen molar-refractivity contribution in [3.05, 3.63) is 33.4 Å². The Morgan fingerprint density at radius 1 is 1.33 bits per heavy atom. The third-order valence-electron chi connectivity index (χ3n) is 2.50. The molecule has 18 heavy (non-hydrogen) atoms. The molecule has 0 aliphatic rings. The molecule has 0 unspecified atom stereocenters. The predicted molar refractivity (Wildman–Crippen MR) is 79.4 cm³/mol. The lowest BCUT2D eigenvalue weighted by Gasteiger charge is -2.21. The lowest BCUT2D eigenvalue weighted by molar-refractivity contribution is -0.121. The van der Waals surface area contributed by atoms with Crippen molar-refractivity contribution >= 4 is 34.4 Å². The van der Waals surface area contributed by atoms with Crippen molar-refractivity contribution in [3.8, 4) is 0 Å². The summed E-state index contributed by atoms with van der Waals surface area (Å²) in [5, 5.41) is 2.54. The van der Waals surface area contributed by atoms with Gasteiger partial charge < -0.3 is 10.2 Å². The summed E-state index contributed by atoms with van der Waals surface area (Å²) in [5.41, 5.74) is 0.649. The lowest BCUT2D eigenvalue weighted by atomic mass is 10.2. The first-order valence-electron chi connectivity index (χ1n) is 5.84. The van der Waals surface area contributed by atoms with Crippen molar-refractivity contribution < 1.29 is 9.59 Å². The van der Waals surface area contributed by atoms with E-state index in [0.717, 1.165) is 9.99 Å². The Morgan fingerprint density at radius 2 is 2.00 bits per heavy atom. The van der Waals surface area contributed by atoms with E-state index in [9.17, 15) is 9.59 Å². The average molecular weight is 360 g/mol. The van der Waals surface area contributed by atoms with Crippen LogP contribution in [0.2, 0.25) is 0 Å². The SMILES string of the molecule is CCCN(CC(=O)NC)C(=O)c1ccccc1I. The van der Waals surface area contributed by atoms with Crippen molar-refractivity contribution in [1.29, 1.82) is 0 Å². The van der Waals surface area contributed by atoms with E-state index in [2.05, 4.69) is 27.9 Å². The number of carbonyl (C=O) groups is 2. The molecule has 0 atom stereocenters. The van der Waals surface area contributed by atoms with Gasteiger partial charge in [0.15, 0.2) is 0 Å². The van der Waals surface area contributed by atoms with Crippen molar-refractivity contribution in [2.24, 2.45) is 0 Å². The van der Waals surface area contributed by atoms with Crippen LogP contribution in [0.4, 0.5) is 0 Å². The molecule has 2 amide bonds. The monoisotopic (exact) mass is 360 g/mol. The first kappa shape index (κ1) is 14.9. The largest absolute Gasteiger partial charge is 0.358 e. The van der Waals surface area contributed by atoms with Crippen LogP contribution in [0.15, 0.2) is 24.3 Å². The maximum atomic E-state index is 12.3. The fraction of sp³-hybridized carbons (Fsp3) is 0.385. The highest BCUT2D eigenvalue weighted by Gasteiger charge is 2.19. The Labute approximate surface area is 121 Å². The highest BCUT2D eigenvalue weighted by molar-refractivity contribution is 14.1. The highest BCUT2D eigenvalue weighted by atomic mass is 127. The zero-order chi connectivity index (χ0) is 13.5. The zero-order valence-corrected chi connectivity index (χ0v) is 12.7. The second kappa shape index (κ2) is 7.35. The van der Waals surface area contributed by atoms with Gasteiger partial charge in [0.2, 0.25) is 5.91 Å². The topological polar surface area (TPSA) is 49.4 Å². The maximum absolute atomic E-state index is 12.3. The molecule has 0 heterocycles. The summed E-state index contributed by atoms with van der Waals surface area (Å²) >= 11 is 2.13. The van der Waals surface area contributed by atoms with Gasteiger partial charge in [-0.2, -0.15) is 0 Å². The number of carbonyl (C=O) groups excluding carboxylic acids is 2. The molecule has 0 fully saturated rings. The van der Waals surface area contributed by atoms with E-state index in [1.165, 1.54) is 0 Å². The zero-order valence-electron chi connectivity index (χ0n) is 10.6. The number of hydrogen-bond donors (Lipinski definition) is 1. The van der Waals surface area contributed by atoms with E-state index >= 15 is 0 Å². The van der Waals surface area contributed by atoms with E-state index in [-0.39, 0.29) is 18.4 Å². The first-order chi connectivity index (χ1) is 8.60. The molecule has 1 aromatic carbocycles. The van der Waals surface area contributed by atoms with Crippen LogP contribution in [0.3, 0.4) is 0 Å². The molecular weight excluding hydrogens is 343 g/mol. The Hall–Kier alpha value is -1.11. The maximum Gasteiger partial charge on any atom is 0.255 e. The molecular formula is C13H17IN2O2. The molecule has 0 aliphatic carbocycles. The van der Waals surface area contributed by atoms with Crippen molar-refractivity contribution in [1.82, 2.24) is 10.2 Å². The van der Waals surface area contributed by atoms with Crippen LogP contribution in [0.1, 0.15) is 23.7 Å². The summed E-state index contributed by atoms with van der Waals surface area (Å²) in [5.74, 6) is -0.242. The van der Waals surface area contributed by atoms with Crippen LogP contribution < -0.4 is 5.32 Å². The molecule has 0 saturated carbocycles. The highest BCUT2D eigenvalue weighted by Crippen LogP contribution is 2.14. The molecule has 1 aromatic rings. The summed E-state index contributed by atoms with van der Waals surface area (Å²) in [6.07, 6.45) is 0.826. The molecule has 1 rings (SSSR count). The van der Waals surface area contributed by atoms with Crippen LogP contribution in [0.5, 0.6) is 0 Å². The summed E-state index contributed by atoms with van der Waals surface area (Å²) in [7, 11) is 1.57. The molecule has 0 bridgehead atoms. The molecule has 0 radical (unpaired) electrons. The fourth-order valence-corrected chi connectivity index (χ4v) is 2.20. The number of rotatable bonds is 5. The Kier molecular flexibility index (Phi) is 6.11. The first-order valence-corrected chi connectivity index (χ1v) is 6.92. The smallest absolute Gasteiger partial charge is 0.255 e. The van der Waals surface area contributed by atoms with Crippen molar-refractivity contribution in [3.63, 3.8) is 0 Å². The average Bonchev–Trinajstić information content (AvgIpc) is 2.38. The molecule has 0 aromatic heterocycles. The molecule has 4 nitrogen and oxygen atoms in total. The number of amides is 2. The van der Waals surface area contributed by atoms with Crippen LogP contribution in [-0.2, 0) is 4.79 Å². The molecule has 5 heteroatoms. The van der Waals surface area contributed by atoms with Crippen LogP contribution in [-0.4, -0.2) is 36.9 Å². The van der Waals surface area contributed by atoms with Crippen molar-refractivity contribution in [2.75, 3.05) is 20.1 Å². The lowest BCUT2D eigenvalue weighted by Crippen LogP contribution is -2.40. The Balaban J connectivity index is 2.89. The van der Waals surface area contributed by atoms with E-state index in [4.69, 9.17) is 0 Å². The van der Waals surface area contributed by atoms with Crippen LogP contribution >= 0.6 is 22.6 Å². The van der Waals surface area contributed by atoms with Gasteiger partial charge in [-0.25, -0.2) is 0 Å². The molecule has 0 spiro atoms. The third-order valence-corrected chi connectivity index (χ3v) is 3.44. The normalized spacial score (nSPS) is 9.94. The minimum absolute atomic E-state index is 0.0922. The molecule has 0 aliphatic heterocycles. The van der Waals surface area contributed by atoms with Gasteiger partial charge in [0.1, 0.15) is 0 Å². The summed E-state index contributed by atoms with van der Waals surface area (Å²) in [6.45, 7) is 2.67. The van der Waals surface area contributed by atoms with Crippen LogP contribution in [0.25, 0.3) is 0 Å². The van der Waals surface area contributed by atoms with Gasteiger partial charge in [0.05, 0.1) is 12.1 Å². The number of likely N-dealkylation sites (N-methyl/N-ethyl adjacent to an activating group) is 1. The summed E-state index contributed by atoms with van der Waals surface area (Å²) in [4.78, 5) is 25.3. The molecule has 0 saturated heterocycles. The van der Waals surface area contributed by atoms with E-state index in [1.807, 2.05) is 25.1 Å². The second-order valence-corrected chi connectivity index (χ2v) is 5.04. The van der Waals surface area contributed by atoms with Gasteiger partial charge >= 0.3 is 0 Å². The van der Waals surface area contributed by atoms with E-state index in [1.54, 1.807) is 18.0 Å². The second-order valence-electron chi connectivity index (χ2n) is 3.88. The van der Waals surface area contributed by atoms with E-state index < -0.39 is 0 Å². The van der Waals surface area contributed by atoms with Crippen LogP contribution in [0, 0.1) is 3.57 Å². The number of benzene rings is 1. The Morgan fingerprint density at radius 3 is 2.56 bits per heavy atom. The summed E-state index contributed by atoms with van der Waals surface area (Å²) in [6, 6.07) is 7.40. The standard InChI is InChI=1S/C13H17IN2O2/c1-3-8-16(9-12(17)15-2)13(18)10-6-4-5-7-11(10)14/h4-7H,3,8-9H2,1-2H3,(H,15,17). The number of halogens is 1. The van der Waals surface area contributed by atoms with Crippen molar-refractivity contribution in [2.45, 2.75) is 13.3 Å². The van der Waals surface area contributed by atoms with Gasteiger partial charge in [-0.15, -0.1) is 0 Å². The number of hydrogen-bond acceptors (Lipinski definition) is 2. The fourth-order valence-electron chi connectivity index (χ4n) is 1.58. The third kappa shape index (κ3) is 3.97.